The molecular formula is C18H25N7O. The van der Waals surface area contributed by atoms with Crippen LogP contribution in [0.4, 0.5) is 11.8 Å². The molecule has 0 radical (unpaired) electrons. The number of nitrogens with two attached hydrogens (primary N) is 1. The average molecular weight is 355 g/mol. The van der Waals surface area contributed by atoms with Crippen molar-refractivity contribution in [3.8, 4) is 0 Å². The van der Waals surface area contributed by atoms with Crippen molar-refractivity contribution in [2.24, 2.45) is 5.92 Å². The Morgan fingerprint density at radius 3 is 2.96 bits per heavy atom. The molecule has 0 spiro atoms. The molecule has 0 aliphatic carbocycles. The average Bonchev–Trinajstić information content (AvgIpc) is 2.61. The Morgan fingerprint density at radius 1 is 1.38 bits per heavy atom. The summed E-state index contributed by atoms with van der Waals surface area (Å²) < 4.78 is 0. The van der Waals surface area contributed by atoms with Crippen LogP contribution < -0.4 is 16.0 Å². The first kappa shape index (κ1) is 18.0. The van der Waals surface area contributed by atoms with E-state index < -0.39 is 0 Å². The summed E-state index contributed by atoms with van der Waals surface area (Å²) in [7, 11) is 0. The highest BCUT2D eigenvalue weighted by atomic mass is 16.2. The van der Waals surface area contributed by atoms with E-state index in [1.807, 2.05) is 0 Å². The molecule has 3 heterocycles. The van der Waals surface area contributed by atoms with Crippen LogP contribution in [0.25, 0.3) is 0 Å². The summed E-state index contributed by atoms with van der Waals surface area (Å²) in [6.07, 6.45) is 7.73. The van der Waals surface area contributed by atoms with Crippen molar-refractivity contribution < 1.29 is 4.79 Å². The third-order valence-corrected chi connectivity index (χ3v) is 4.28. The van der Waals surface area contributed by atoms with E-state index in [0.717, 1.165) is 37.3 Å². The Kier molecular flexibility index (Phi) is 5.60. The first-order valence-electron chi connectivity index (χ1n) is 8.96. The smallest absolute Gasteiger partial charge is 0.270 e. The van der Waals surface area contributed by atoms with Gasteiger partial charge < -0.3 is 16.0 Å². The van der Waals surface area contributed by atoms with Crippen molar-refractivity contribution in [2.75, 3.05) is 23.7 Å². The predicted octanol–water partition coefficient (Wildman–Crippen LogP) is 1.45. The molecule has 8 nitrogen and oxygen atoms in total. The summed E-state index contributed by atoms with van der Waals surface area (Å²) >= 11 is 0. The molecule has 1 amide bonds. The number of hydrogen-bond acceptors (Lipinski definition) is 7. The molecule has 1 aliphatic rings. The molecule has 1 fully saturated rings. The van der Waals surface area contributed by atoms with E-state index in [4.69, 9.17) is 5.73 Å². The summed E-state index contributed by atoms with van der Waals surface area (Å²) in [5.74, 6) is 1.18. The van der Waals surface area contributed by atoms with E-state index in [1.165, 1.54) is 0 Å². The van der Waals surface area contributed by atoms with Crippen molar-refractivity contribution in [3.63, 3.8) is 0 Å². The predicted molar refractivity (Wildman–Crippen MR) is 99.7 cm³/mol. The van der Waals surface area contributed by atoms with Crippen molar-refractivity contribution in [1.82, 2.24) is 25.3 Å². The lowest BCUT2D eigenvalue weighted by Gasteiger charge is -2.33. The maximum atomic E-state index is 12.6. The van der Waals surface area contributed by atoms with Crippen LogP contribution in [0.3, 0.4) is 0 Å². The van der Waals surface area contributed by atoms with Crippen LogP contribution >= 0.6 is 0 Å². The summed E-state index contributed by atoms with van der Waals surface area (Å²) in [4.78, 5) is 31.6. The first-order chi connectivity index (χ1) is 12.5. The lowest BCUT2D eigenvalue weighted by Crippen LogP contribution is -2.48. The van der Waals surface area contributed by atoms with Crippen LogP contribution in [0, 0.1) is 5.92 Å². The lowest BCUT2D eigenvalue weighted by atomic mass is 10.1. The van der Waals surface area contributed by atoms with E-state index in [0.29, 0.717) is 18.2 Å². The normalized spacial score (nSPS) is 17.3. The van der Waals surface area contributed by atoms with Crippen LogP contribution in [-0.2, 0) is 6.42 Å². The highest BCUT2D eigenvalue weighted by molar-refractivity contribution is 5.92. The van der Waals surface area contributed by atoms with Crippen molar-refractivity contribution in [1.29, 1.82) is 0 Å². The number of anilines is 2. The maximum absolute atomic E-state index is 12.6. The maximum Gasteiger partial charge on any atom is 0.270 e. The van der Waals surface area contributed by atoms with Gasteiger partial charge in [0, 0.05) is 37.2 Å². The van der Waals surface area contributed by atoms with E-state index in [2.05, 4.69) is 44.0 Å². The topological polar surface area (TPSA) is 110 Å². The second-order valence-corrected chi connectivity index (χ2v) is 7.02. The number of aromatic nitrogens is 4. The largest absolute Gasteiger partial charge is 0.368 e. The molecule has 3 N–H and O–H groups in total. The fourth-order valence-corrected chi connectivity index (χ4v) is 3.17. The van der Waals surface area contributed by atoms with Gasteiger partial charge in [-0.15, -0.1) is 0 Å². The monoisotopic (exact) mass is 355 g/mol. The Bertz CT molecular complexity index is 750. The second-order valence-electron chi connectivity index (χ2n) is 7.02. The highest BCUT2D eigenvalue weighted by Gasteiger charge is 2.23. The Labute approximate surface area is 153 Å². The van der Waals surface area contributed by atoms with Gasteiger partial charge in [-0.3, -0.25) is 9.78 Å². The number of amides is 1. The van der Waals surface area contributed by atoms with Gasteiger partial charge in [0.2, 0.25) is 5.95 Å². The van der Waals surface area contributed by atoms with Gasteiger partial charge in [0.25, 0.3) is 5.91 Å². The molecule has 0 saturated carbocycles. The number of nitrogen functional groups attached to an aromatic ring is 1. The summed E-state index contributed by atoms with van der Waals surface area (Å²) in [5, 5.41) is 3.07. The second kappa shape index (κ2) is 8.07. The van der Waals surface area contributed by atoms with Gasteiger partial charge in [-0.05, 0) is 31.2 Å². The lowest BCUT2D eigenvalue weighted by molar-refractivity contribution is 0.0928. The van der Waals surface area contributed by atoms with E-state index in [9.17, 15) is 4.79 Å². The SMILES string of the molecule is CC(C)Cc1cc(C(=O)N[C@H]2CCCN(c3cnccn3)C2)nc(N)n1. The van der Waals surface area contributed by atoms with Crippen molar-refractivity contribution in [3.05, 3.63) is 36.0 Å². The van der Waals surface area contributed by atoms with Gasteiger partial charge >= 0.3 is 0 Å². The molecule has 2 aromatic heterocycles. The molecule has 138 valence electrons. The molecule has 1 atom stereocenters. The van der Waals surface area contributed by atoms with Crippen LogP contribution in [0.1, 0.15) is 42.9 Å². The fraction of sp³-hybridized carbons (Fsp3) is 0.500. The van der Waals surface area contributed by atoms with Crippen LogP contribution in [0.5, 0.6) is 0 Å². The standard InChI is InChI=1S/C18H25N7O/c1-12(2)8-14-9-15(24-18(19)23-14)17(26)22-13-4-3-7-25(11-13)16-10-20-5-6-21-16/h5-6,9-10,12-13H,3-4,7-8,11H2,1-2H3,(H,22,26)(H2,19,23,24)/t13-/m0/s1. The molecule has 0 unspecified atom stereocenters. The molecule has 0 aromatic carbocycles. The van der Waals surface area contributed by atoms with Gasteiger partial charge in [0.1, 0.15) is 11.5 Å². The van der Waals surface area contributed by atoms with Crippen molar-refractivity contribution >= 4 is 17.7 Å². The summed E-state index contributed by atoms with van der Waals surface area (Å²) in [6, 6.07) is 1.76. The Balaban J connectivity index is 1.67. The minimum atomic E-state index is -0.213. The molecule has 2 aromatic rings. The molecule has 1 aliphatic heterocycles. The number of hydrogen-bond donors (Lipinski definition) is 2. The number of rotatable bonds is 5. The summed E-state index contributed by atoms with van der Waals surface area (Å²) in [5.41, 5.74) is 6.90. The van der Waals surface area contributed by atoms with Crippen LogP contribution in [0.15, 0.2) is 24.7 Å². The van der Waals surface area contributed by atoms with Gasteiger partial charge in [-0.1, -0.05) is 13.8 Å². The number of carbonyl (C=O) groups excluding carboxylic acids is 1. The summed E-state index contributed by atoms with van der Waals surface area (Å²) in [6.45, 7) is 5.80. The van der Waals surface area contributed by atoms with E-state index in [1.54, 1.807) is 24.7 Å². The zero-order valence-electron chi connectivity index (χ0n) is 15.2. The number of carbonyl (C=O) groups is 1. The molecule has 26 heavy (non-hydrogen) atoms. The number of nitrogens with one attached hydrogen (secondary N) is 1. The van der Waals surface area contributed by atoms with Gasteiger partial charge in [0.05, 0.1) is 6.20 Å². The number of nitrogens with zero attached hydrogens (tertiary/aromatic N) is 5. The van der Waals surface area contributed by atoms with Gasteiger partial charge in [-0.25, -0.2) is 15.0 Å². The quantitative estimate of drug-likeness (QED) is 0.835. The third kappa shape index (κ3) is 4.65. The zero-order valence-corrected chi connectivity index (χ0v) is 15.2. The Hall–Kier alpha value is -2.77. The van der Waals surface area contributed by atoms with Gasteiger partial charge in [-0.2, -0.15) is 0 Å². The van der Waals surface area contributed by atoms with E-state index >= 15 is 0 Å². The molecule has 0 bridgehead atoms. The molecule has 1 saturated heterocycles. The highest BCUT2D eigenvalue weighted by Crippen LogP contribution is 2.17. The first-order valence-corrected chi connectivity index (χ1v) is 8.96. The number of piperidine rings is 1. The van der Waals surface area contributed by atoms with Crippen LogP contribution in [-0.4, -0.2) is 45.0 Å². The van der Waals surface area contributed by atoms with Crippen molar-refractivity contribution in [2.45, 2.75) is 39.2 Å². The minimum Gasteiger partial charge on any atom is -0.368 e. The molecule has 8 heteroatoms. The van der Waals surface area contributed by atoms with Gasteiger partial charge in [0.15, 0.2) is 0 Å². The zero-order chi connectivity index (χ0) is 18.5. The Morgan fingerprint density at radius 2 is 2.23 bits per heavy atom. The minimum absolute atomic E-state index is 0.0306. The third-order valence-electron chi connectivity index (χ3n) is 4.28. The van der Waals surface area contributed by atoms with Crippen LogP contribution in [0.2, 0.25) is 0 Å². The molecular weight excluding hydrogens is 330 g/mol. The molecule has 3 rings (SSSR count). The fourth-order valence-electron chi connectivity index (χ4n) is 3.17. The van der Waals surface area contributed by atoms with E-state index in [-0.39, 0.29) is 17.9 Å².